The van der Waals surface area contributed by atoms with Gasteiger partial charge in [0.1, 0.15) is 0 Å². The van der Waals surface area contributed by atoms with Crippen molar-refractivity contribution in [1.29, 1.82) is 0 Å². The van der Waals surface area contributed by atoms with Crippen molar-refractivity contribution in [2.45, 2.75) is 25.9 Å². The molecular formula is C30H30N6S2. The highest BCUT2D eigenvalue weighted by Crippen LogP contribution is 2.24. The van der Waals surface area contributed by atoms with E-state index in [0.29, 0.717) is 21.6 Å². The molecule has 0 amide bonds. The van der Waals surface area contributed by atoms with Crippen molar-refractivity contribution in [1.82, 2.24) is 10.6 Å². The van der Waals surface area contributed by atoms with Gasteiger partial charge in [-0.3, -0.25) is 0 Å². The Kier molecular flexibility index (Phi) is 9.50. The number of thiocarbonyl (C=S) groups is 2. The monoisotopic (exact) mass is 538 g/mol. The van der Waals surface area contributed by atoms with Crippen LogP contribution in [-0.2, 0) is 0 Å². The third-order valence-corrected chi connectivity index (χ3v) is 6.22. The maximum atomic E-state index is 5.50. The van der Waals surface area contributed by atoms with Crippen LogP contribution in [0.3, 0.4) is 0 Å². The van der Waals surface area contributed by atoms with Gasteiger partial charge in [0.15, 0.2) is 10.2 Å². The summed E-state index contributed by atoms with van der Waals surface area (Å²) in [7, 11) is 0. The molecule has 4 rings (SSSR count). The van der Waals surface area contributed by atoms with Gasteiger partial charge in [-0.05, 0) is 85.8 Å². The van der Waals surface area contributed by atoms with E-state index < -0.39 is 0 Å². The number of anilines is 2. The number of azo groups is 1. The van der Waals surface area contributed by atoms with Crippen LogP contribution in [-0.4, -0.2) is 10.2 Å². The van der Waals surface area contributed by atoms with E-state index in [1.807, 2.05) is 84.9 Å². The van der Waals surface area contributed by atoms with Gasteiger partial charge >= 0.3 is 0 Å². The zero-order valence-electron chi connectivity index (χ0n) is 21.3. The maximum Gasteiger partial charge on any atom is 0.171 e. The molecule has 0 fully saturated rings. The van der Waals surface area contributed by atoms with Gasteiger partial charge in [-0.1, -0.05) is 72.8 Å². The van der Waals surface area contributed by atoms with Crippen LogP contribution < -0.4 is 21.3 Å². The first-order valence-corrected chi connectivity index (χ1v) is 13.1. The quantitative estimate of drug-likeness (QED) is 0.134. The lowest BCUT2D eigenvalue weighted by atomic mass is 10.1. The minimum atomic E-state index is 0.0876. The summed E-state index contributed by atoms with van der Waals surface area (Å²) in [5, 5.41) is 23.0. The van der Waals surface area contributed by atoms with Crippen molar-refractivity contribution in [3.63, 3.8) is 0 Å². The Bertz CT molecular complexity index is 1290. The summed E-state index contributed by atoms with van der Waals surface area (Å²) >= 11 is 11.0. The molecule has 8 heteroatoms. The highest BCUT2D eigenvalue weighted by atomic mass is 32.1. The first-order valence-electron chi connectivity index (χ1n) is 12.3. The van der Waals surface area contributed by atoms with Crippen molar-refractivity contribution < 1.29 is 0 Å². The van der Waals surface area contributed by atoms with Crippen LogP contribution in [0.25, 0.3) is 0 Å². The molecule has 38 heavy (non-hydrogen) atoms. The van der Waals surface area contributed by atoms with Gasteiger partial charge in [-0.2, -0.15) is 10.2 Å². The molecule has 0 aromatic heterocycles. The first-order chi connectivity index (χ1) is 18.5. The molecule has 0 aliphatic rings. The molecule has 0 unspecified atom stereocenters. The summed E-state index contributed by atoms with van der Waals surface area (Å²) in [4.78, 5) is 0. The Hall–Kier alpha value is -4.14. The van der Waals surface area contributed by atoms with Gasteiger partial charge in [-0.15, -0.1) is 0 Å². The second-order valence-electron chi connectivity index (χ2n) is 8.76. The van der Waals surface area contributed by atoms with Crippen LogP contribution in [0.4, 0.5) is 22.7 Å². The molecule has 192 valence electrons. The molecule has 0 saturated carbocycles. The molecule has 0 aliphatic carbocycles. The fourth-order valence-corrected chi connectivity index (χ4v) is 4.37. The zero-order chi connectivity index (χ0) is 26.7. The highest BCUT2D eigenvalue weighted by Gasteiger charge is 2.08. The minimum absolute atomic E-state index is 0.0876. The van der Waals surface area contributed by atoms with Crippen LogP contribution in [0.2, 0.25) is 0 Å². The number of nitrogens with one attached hydrogen (secondary N) is 4. The van der Waals surface area contributed by atoms with E-state index in [-0.39, 0.29) is 12.1 Å². The Labute approximate surface area is 234 Å². The van der Waals surface area contributed by atoms with E-state index in [2.05, 4.69) is 69.6 Å². The van der Waals surface area contributed by atoms with E-state index in [1.54, 1.807) is 0 Å². The second kappa shape index (κ2) is 13.4. The fourth-order valence-electron chi connectivity index (χ4n) is 3.78. The number of rotatable bonds is 8. The SMILES string of the molecule is C[C@H](NC(=S)Nc1cccc(N=Nc2cccc(NC(=S)N[C@@H](C)c3ccccc3)c2)c1)c1ccccc1. The molecule has 2 atom stereocenters. The largest absolute Gasteiger partial charge is 0.356 e. The third-order valence-electron chi connectivity index (χ3n) is 5.78. The summed E-state index contributed by atoms with van der Waals surface area (Å²) < 4.78 is 0. The van der Waals surface area contributed by atoms with Crippen molar-refractivity contribution in [3.05, 3.63) is 120 Å². The van der Waals surface area contributed by atoms with Crippen LogP contribution in [0.1, 0.15) is 37.1 Å². The van der Waals surface area contributed by atoms with E-state index >= 15 is 0 Å². The molecule has 4 aromatic rings. The Morgan fingerprint density at radius 3 is 1.34 bits per heavy atom. The summed E-state index contributed by atoms with van der Waals surface area (Å²) in [5.74, 6) is 0. The standard InChI is InChI=1S/C30H30N6S2/c1-21(23-11-5-3-6-12-23)31-29(37)33-25-15-9-17-27(19-25)35-36-28-18-10-16-26(20-28)34-30(38)32-22(2)24-13-7-4-8-14-24/h3-22H,1-2H3,(H2,31,33,37)(H2,32,34,38)/t21-,22-/m0/s1. The van der Waals surface area contributed by atoms with Crippen LogP contribution in [0.5, 0.6) is 0 Å². The number of benzene rings is 4. The van der Waals surface area contributed by atoms with Crippen molar-refractivity contribution in [3.8, 4) is 0 Å². The van der Waals surface area contributed by atoms with E-state index in [1.165, 1.54) is 0 Å². The topological polar surface area (TPSA) is 72.8 Å². The molecule has 6 nitrogen and oxygen atoms in total. The van der Waals surface area contributed by atoms with Crippen LogP contribution in [0.15, 0.2) is 119 Å². The van der Waals surface area contributed by atoms with Gasteiger partial charge in [0.25, 0.3) is 0 Å². The third kappa shape index (κ3) is 8.19. The predicted octanol–water partition coefficient (Wildman–Crippen LogP) is 8.20. The summed E-state index contributed by atoms with van der Waals surface area (Å²) in [6, 6.07) is 35.8. The lowest BCUT2D eigenvalue weighted by Gasteiger charge is -2.17. The number of nitrogens with zero attached hydrogens (tertiary/aromatic N) is 2. The van der Waals surface area contributed by atoms with E-state index in [4.69, 9.17) is 24.4 Å². The van der Waals surface area contributed by atoms with Gasteiger partial charge in [0.05, 0.1) is 23.5 Å². The molecule has 0 bridgehead atoms. The van der Waals surface area contributed by atoms with Gasteiger partial charge in [0.2, 0.25) is 0 Å². The van der Waals surface area contributed by atoms with Gasteiger partial charge < -0.3 is 21.3 Å². The lowest BCUT2D eigenvalue weighted by molar-refractivity contribution is 0.722. The lowest BCUT2D eigenvalue weighted by Crippen LogP contribution is -2.30. The molecule has 4 N–H and O–H groups in total. The van der Waals surface area contributed by atoms with Gasteiger partial charge in [0, 0.05) is 11.4 Å². The molecule has 4 aromatic carbocycles. The molecule has 0 saturated heterocycles. The molecule has 0 heterocycles. The summed E-state index contributed by atoms with van der Waals surface area (Å²) in [5.41, 5.74) is 5.41. The summed E-state index contributed by atoms with van der Waals surface area (Å²) in [6.07, 6.45) is 0. The highest BCUT2D eigenvalue weighted by molar-refractivity contribution is 7.80. The maximum absolute atomic E-state index is 5.50. The Balaban J connectivity index is 1.33. The minimum Gasteiger partial charge on any atom is -0.356 e. The number of hydrogen-bond acceptors (Lipinski definition) is 4. The number of hydrogen-bond donors (Lipinski definition) is 4. The second-order valence-corrected chi connectivity index (χ2v) is 9.58. The smallest absolute Gasteiger partial charge is 0.171 e. The van der Waals surface area contributed by atoms with E-state index in [9.17, 15) is 0 Å². The normalized spacial score (nSPS) is 12.4. The molecule has 0 spiro atoms. The van der Waals surface area contributed by atoms with Gasteiger partial charge in [-0.25, -0.2) is 0 Å². The predicted molar refractivity (Wildman–Crippen MR) is 165 cm³/mol. The fraction of sp³-hybridized carbons (Fsp3) is 0.133. The Morgan fingerprint density at radius 2 is 0.947 bits per heavy atom. The first kappa shape index (κ1) is 26.9. The average Bonchev–Trinajstić information content (AvgIpc) is 2.93. The van der Waals surface area contributed by atoms with E-state index in [0.717, 1.165) is 22.5 Å². The molecule has 0 radical (unpaired) electrons. The van der Waals surface area contributed by atoms with Crippen molar-refractivity contribution >= 4 is 57.4 Å². The average molecular weight is 539 g/mol. The van der Waals surface area contributed by atoms with Crippen LogP contribution >= 0.6 is 24.4 Å². The molecular weight excluding hydrogens is 509 g/mol. The Morgan fingerprint density at radius 1 is 0.553 bits per heavy atom. The molecule has 0 aliphatic heterocycles. The van der Waals surface area contributed by atoms with Crippen molar-refractivity contribution in [2.24, 2.45) is 10.2 Å². The summed E-state index contributed by atoms with van der Waals surface area (Å²) in [6.45, 7) is 4.15. The zero-order valence-corrected chi connectivity index (χ0v) is 22.9. The van der Waals surface area contributed by atoms with Crippen molar-refractivity contribution in [2.75, 3.05) is 10.6 Å². The van der Waals surface area contributed by atoms with Crippen LogP contribution in [0, 0.1) is 0 Å².